The van der Waals surface area contributed by atoms with Gasteiger partial charge in [-0.05, 0) is 44.1 Å². The molecule has 0 aliphatic carbocycles. The molecule has 5 heteroatoms. The van der Waals surface area contributed by atoms with Crippen LogP contribution in [0, 0.1) is 11.8 Å². The van der Waals surface area contributed by atoms with Gasteiger partial charge in [0, 0.05) is 10.7 Å². The molecule has 1 fully saturated rings. The standard InChI is InChI=1S/C15H18ClN3O/c16-13-6-5-7-14(12-13)18-15(20)17-8-1-2-9-19-10-3-4-11-19/h5-7,12H,3-4,8-11H2,(H2,17,18,20). The number of nitrogens with zero attached hydrogens (tertiary/aromatic N) is 1. The van der Waals surface area contributed by atoms with Crippen LogP contribution in [0.1, 0.15) is 12.8 Å². The zero-order valence-corrected chi connectivity index (χ0v) is 12.0. The van der Waals surface area contributed by atoms with Gasteiger partial charge in [-0.15, -0.1) is 0 Å². The highest BCUT2D eigenvalue weighted by Crippen LogP contribution is 2.14. The maximum Gasteiger partial charge on any atom is 0.319 e. The lowest BCUT2D eigenvalue weighted by molar-refractivity contribution is 0.253. The highest BCUT2D eigenvalue weighted by atomic mass is 35.5. The molecular weight excluding hydrogens is 274 g/mol. The van der Waals surface area contributed by atoms with E-state index in [9.17, 15) is 4.79 Å². The molecule has 0 bridgehead atoms. The van der Waals surface area contributed by atoms with Crippen molar-refractivity contribution in [1.29, 1.82) is 0 Å². The summed E-state index contributed by atoms with van der Waals surface area (Å²) >= 11 is 5.84. The van der Waals surface area contributed by atoms with E-state index in [-0.39, 0.29) is 6.03 Å². The van der Waals surface area contributed by atoms with E-state index in [0.29, 0.717) is 17.3 Å². The van der Waals surface area contributed by atoms with E-state index in [1.165, 1.54) is 12.8 Å². The minimum absolute atomic E-state index is 0.275. The van der Waals surface area contributed by atoms with Crippen molar-refractivity contribution in [3.8, 4) is 11.8 Å². The molecule has 4 nitrogen and oxygen atoms in total. The summed E-state index contributed by atoms with van der Waals surface area (Å²) in [5.41, 5.74) is 0.667. The van der Waals surface area contributed by atoms with Gasteiger partial charge in [-0.1, -0.05) is 29.5 Å². The van der Waals surface area contributed by atoms with E-state index in [1.807, 2.05) is 0 Å². The topological polar surface area (TPSA) is 44.4 Å². The molecule has 0 radical (unpaired) electrons. The molecule has 0 unspecified atom stereocenters. The first-order valence-electron chi connectivity index (χ1n) is 6.72. The summed E-state index contributed by atoms with van der Waals surface area (Å²) < 4.78 is 0. The number of nitrogens with one attached hydrogen (secondary N) is 2. The Morgan fingerprint density at radius 2 is 2.10 bits per heavy atom. The van der Waals surface area contributed by atoms with E-state index in [1.54, 1.807) is 24.3 Å². The van der Waals surface area contributed by atoms with Crippen LogP contribution >= 0.6 is 11.6 Å². The number of hydrogen-bond donors (Lipinski definition) is 2. The fourth-order valence-corrected chi connectivity index (χ4v) is 2.23. The Hall–Kier alpha value is -1.70. The fraction of sp³-hybridized carbons (Fsp3) is 0.400. The summed E-state index contributed by atoms with van der Waals surface area (Å²) in [5.74, 6) is 6.02. The highest BCUT2D eigenvalue weighted by Gasteiger charge is 2.08. The molecule has 106 valence electrons. The molecule has 2 N–H and O–H groups in total. The number of rotatable bonds is 3. The molecule has 1 aliphatic heterocycles. The number of urea groups is 1. The lowest BCUT2D eigenvalue weighted by Gasteiger charge is -2.08. The fourth-order valence-electron chi connectivity index (χ4n) is 2.04. The molecule has 0 saturated carbocycles. The van der Waals surface area contributed by atoms with Crippen LogP contribution in [0.5, 0.6) is 0 Å². The number of halogens is 1. The van der Waals surface area contributed by atoms with Crippen LogP contribution in [0.2, 0.25) is 5.02 Å². The summed E-state index contributed by atoms with van der Waals surface area (Å²) in [4.78, 5) is 13.9. The third-order valence-electron chi connectivity index (χ3n) is 3.05. The van der Waals surface area contributed by atoms with Gasteiger partial charge in [-0.3, -0.25) is 4.90 Å². The smallest absolute Gasteiger partial charge is 0.319 e. The van der Waals surface area contributed by atoms with Crippen LogP contribution in [-0.4, -0.2) is 37.1 Å². The van der Waals surface area contributed by atoms with Crippen LogP contribution in [-0.2, 0) is 0 Å². The first-order chi connectivity index (χ1) is 9.74. The zero-order valence-electron chi connectivity index (χ0n) is 11.3. The average Bonchev–Trinajstić information content (AvgIpc) is 2.91. The van der Waals surface area contributed by atoms with Crippen molar-refractivity contribution in [2.75, 3.05) is 31.5 Å². The molecule has 0 aromatic heterocycles. The van der Waals surface area contributed by atoms with Gasteiger partial charge in [0.1, 0.15) is 0 Å². The van der Waals surface area contributed by atoms with Gasteiger partial charge in [-0.25, -0.2) is 4.79 Å². The Bertz CT molecular complexity index is 515. The van der Waals surface area contributed by atoms with Crippen molar-refractivity contribution in [3.63, 3.8) is 0 Å². The van der Waals surface area contributed by atoms with Crippen LogP contribution in [0.25, 0.3) is 0 Å². The van der Waals surface area contributed by atoms with E-state index >= 15 is 0 Å². The Morgan fingerprint density at radius 3 is 2.85 bits per heavy atom. The Morgan fingerprint density at radius 1 is 1.30 bits per heavy atom. The third kappa shape index (κ3) is 5.12. The number of amides is 2. The van der Waals surface area contributed by atoms with Crippen molar-refractivity contribution in [1.82, 2.24) is 10.2 Å². The molecule has 2 amide bonds. The third-order valence-corrected chi connectivity index (χ3v) is 3.28. The van der Waals surface area contributed by atoms with Gasteiger partial charge in [0.2, 0.25) is 0 Å². The van der Waals surface area contributed by atoms with Gasteiger partial charge in [0.05, 0.1) is 13.1 Å². The second-order valence-corrected chi connectivity index (χ2v) is 5.09. The van der Waals surface area contributed by atoms with Gasteiger partial charge in [0.25, 0.3) is 0 Å². The second-order valence-electron chi connectivity index (χ2n) is 4.65. The maximum atomic E-state index is 11.6. The van der Waals surface area contributed by atoms with Crippen molar-refractivity contribution in [3.05, 3.63) is 29.3 Å². The van der Waals surface area contributed by atoms with E-state index < -0.39 is 0 Å². The Labute approximate surface area is 124 Å². The molecule has 1 aliphatic rings. The first kappa shape index (κ1) is 14.7. The second kappa shape index (κ2) is 7.78. The van der Waals surface area contributed by atoms with Gasteiger partial charge in [-0.2, -0.15) is 0 Å². The number of benzene rings is 1. The average molecular weight is 292 g/mol. The predicted molar refractivity (Wildman–Crippen MR) is 81.9 cm³/mol. The van der Waals surface area contributed by atoms with Crippen molar-refractivity contribution in [2.45, 2.75) is 12.8 Å². The number of hydrogen-bond acceptors (Lipinski definition) is 2. The maximum absolute atomic E-state index is 11.6. The lowest BCUT2D eigenvalue weighted by Crippen LogP contribution is -2.29. The van der Waals surface area contributed by atoms with Gasteiger partial charge in [0.15, 0.2) is 0 Å². The van der Waals surface area contributed by atoms with E-state index in [2.05, 4.69) is 27.4 Å². The van der Waals surface area contributed by atoms with Crippen molar-refractivity contribution < 1.29 is 4.79 Å². The van der Waals surface area contributed by atoms with Crippen LogP contribution in [0.15, 0.2) is 24.3 Å². The first-order valence-corrected chi connectivity index (χ1v) is 7.10. The largest absolute Gasteiger partial charge is 0.327 e. The summed E-state index contributed by atoms with van der Waals surface area (Å²) in [5, 5.41) is 5.98. The number of anilines is 1. The molecule has 20 heavy (non-hydrogen) atoms. The monoisotopic (exact) mass is 291 g/mol. The summed E-state index contributed by atoms with van der Waals surface area (Å²) in [6.07, 6.45) is 2.53. The summed E-state index contributed by atoms with van der Waals surface area (Å²) in [6, 6.07) is 6.75. The lowest BCUT2D eigenvalue weighted by atomic mass is 10.3. The molecular formula is C15H18ClN3O. The number of carbonyl (C=O) groups excluding carboxylic acids is 1. The van der Waals surface area contributed by atoms with Gasteiger partial charge < -0.3 is 10.6 Å². The molecule has 0 spiro atoms. The van der Waals surface area contributed by atoms with Crippen LogP contribution < -0.4 is 10.6 Å². The van der Waals surface area contributed by atoms with E-state index in [0.717, 1.165) is 19.6 Å². The number of likely N-dealkylation sites (tertiary alicyclic amines) is 1. The van der Waals surface area contributed by atoms with Crippen LogP contribution in [0.3, 0.4) is 0 Å². The predicted octanol–water partition coefficient (Wildman–Crippen LogP) is 2.56. The minimum Gasteiger partial charge on any atom is -0.327 e. The van der Waals surface area contributed by atoms with Gasteiger partial charge >= 0.3 is 6.03 Å². The minimum atomic E-state index is -0.275. The van der Waals surface area contributed by atoms with Crippen molar-refractivity contribution >= 4 is 23.3 Å². The molecule has 1 saturated heterocycles. The zero-order chi connectivity index (χ0) is 14.2. The molecule has 0 atom stereocenters. The molecule has 2 rings (SSSR count). The summed E-state index contributed by atoms with van der Waals surface area (Å²) in [6.45, 7) is 3.41. The molecule has 1 aromatic rings. The van der Waals surface area contributed by atoms with Crippen molar-refractivity contribution in [2.24, 2.45) is 0 Å². The van der Waals surface area contributed by atoms with E-state index in [4.69, 9.17) is 11.6 Å². The van der Waals surface area contributed by atoms with Crippen LogP contribution in [0.4, 0.5) is 10.5 Å². The molecule has 1 aromatic carbocycles. The highest BCUT2D eigenvalue weighted by molar-refractivity contribution is 6.30. The normalized spacial score (nSPS) is 14.4. The number of carbonyl (C=O) groups is 1. The SMILES string of the molecule is O=C(NCC#CCN1CCCC1)Nc1cccc(Cl)c1. The Kier molecular flexibility index (Phi) is 5.72. The Balaban J connectivity index is 1.66. The quantitative estimate of drug-likeness (QED) is 0.841. The summed E-state index contributed by atoms with van der Waals surface area (Å²) in [7, 11) is 0. The molecule has 1 heterocycles.